The van der Waals surface area contributed by atoms with Gasteiger partial charge < -0.3 is 14.4 Å². The van der Waals surface area contributed by atoms with E-state index in [1.807, 2.05) is 25.7 Å². The van der Waals surface area contributed by atoms with Crippen LogP contribution in [0, 0.1) is 17.6 Å². The summed E-state index contributed by atoms with van der Waals surface area (Å²) in [7, 11) is 1.62. The van der Waals surface area contributed by atoms with Crippen LogP contribution >= 0.6 is 0 Å². The summed E-state index contributed by atoms with van der Waals surface area (Å²) in [5.74, 6) is -2.50. The van der Waals surface area contributed by atoms with Crippen molar-refractivity contribution >= 4 is 11.9 Å². The van der Waals surface area contributed by atoms with E-state index in [9.17, 15) is 14.0 Å². The molecule has 0 aromatic heterocycles. The second-order valence-corrected chi connectivity index (χ2v) is 15.3. The minimum Gasteiger partial charge on any atom is -0.459 e. The van der Waals surface area contributed by atoms with Crippen LogP contribution in [-0.4, -0.2) is 96.2 Å². The van der Waals surface area contributed by atoms with Crippen molar-refractivity contribution in [1.82, 2.24) is 14.7 Å². The molecular formula is C37H51F2N3O4. The number of hydrogen-bond acceptors (Lipinski definition) is 6. The van der Waals surface area contributed by atoms with Crippen molar-refractivity contribution in [2.45, 2.75) is 96.4 Å². The largest absolute Gasteiger partial charge is 0.459 e. The molecule has 46 heavy (non-hydrogen) atoms. The Morgan fingerprint density at radius 3 is 2.35 bits per heavy atom. The van der Waals surface area contributed by atoms with Gasteiger partial charge in [0.25, 0.3) is 0 Å². The molecule has 0 spiro atoms. The number of amides is 1. The average Bonchev–Trinajstić information content (AvgIpc) is 3.62. The number of rotatable bonds is 8. The molecule has 0 radical (unpaired) electrons. The van der Waals surface area contributed by atoms with Crippen molar-refractivity contribution in [2.24, 2.45) is 5.92 Å². The molecule has 2 saturated heterocycles. The van der Waals surface area contributed by atoms with Gasteiger partial charge in [-0.2, -0.15) is 0 Å². The van der Waals surface area contributed by atoms with Gasteiger partial charge in [0.2, 0.25) is 5.91 Å². The van der Waals surface area contributed by atoms with E-state index in [-0.39, 0.29) is 23.5 Å². The van der Waals surface area contributed by atoms with Crippen LogP contribution in [0.3, 0.4) is 0 Å². The van der Waals surface area contributed by atoms with Crippen LogP contribution in [0.15, 0.2) is 36.4 Å². The second kappa shape index (κ2) is 13.7. The number of esters is 1. The number of fused-ring (bicyclic) bond motifs is 1. The molecule has 0 N–H and O–H groups in total. The maximum absolute atomic E-state index is 15.1. The number of benzene rings is 2. The fourth-order valence-corrected chi connectivity index (χ4v) is 7.43. The minimum absolute atomic E-state index is 0.0605. The second-order valence-electron chi connectivity index (χ2n) is 15.3. The van der Waals surface area contributed by atoms with Crippen LogP contribution in [0.4, 0.5) is 8.78 Å². The number of likely N-dealkylation sites (tertiary alicyclic amines) is 1. The molecule has 2 fully saturated rings. The number of ether oxygens (including phenoxy) is 2. The SMILES string of the molecule is COC[C@H]1CN([C@@H](Cc2ccc3c(c2)CCC3)C(=O)OC(C)(C)C)CCN1C(=O)[C@@H]1CN(C(C)(C)C)C[C@H]1c1ccc(F)cc1F. The lowest BCUT2D eigenvalue weighted by atomic mass is 9.87. The third-order valence-electron chi connectivity index (χ3n) is 9.82. The fraction of sp³-hybridized carbons (Fsp3) is 0.622. The first kappa shape index (κ1) is 34.5. The van der Waals surface area contributed by atoms with Crippen molar-refractivity contribution in [3.63, 3.8) is 0 Å². The highest BCUT2D eigenvalue weighted by Crippen LogP contribution is 2.39. The predicted molar refractivity (Wildman–Crippen MR) is 175 cm³/mol. The molecular weight excluding hydrogens is 588 g/mol. The minimum atomic E-state index is -0.636. The molecule has 1 amide bonds. The van der Waals surface area contributed by atoms with Crippen LogP contribution in [0.25, 0.3) is 0 Å². The summed E-state index contributed by atoms with van der Waals surface area (Å²) < 4.78 is 40.6. The van der Waals surface area contributed by atoms with Gasteiger partial charge in [-0.25, -0.2) is 8.78 Å². The van der Waals surface area contributed by atoms with Gasteiger partial charge in [-0.05, 0) is 95.5 Å². The molecule has 252 valence electrons. The first-order chi connectivity index (χ1) is 21.6. The van der Waals surface area contributed by atoms with Gasteiger partial charge in [0.15, 0.2) is 0 Å². The summed E-state index contributed by atoms with van der Waals surface area (Å²) in [4.78, 5) is 34.4. The van der Waals surface area contributed by atoms with E-state index in [2.05, 4.69) is 48.8 Å². The Hall–Kier alpha value is -2.88. The van der Waals surface area contributed by atoms with Gasteiger partial charge in [0, 0.05) is 57.4 Å². The van der Waals surface area contributed by atoms with E-state index in [4.69, 9.17) is 9.47 Å². The van der Waals surface area contributed by atoms with Crippen molar-refractivity contribution in [3.8, 4) is 0 Å². The lowest BCUT2D eigenvalue weighted by Gasteiger charge is -2.45. The van der Waals surface area contributed by atoms with E-state index >= 15 is 4.39 Å². The molecule has 2 aromatic rings. The summed E-state index contributed by atoms with van der Waals surface area (Å²) in [6, 6.07) is 9.39. The topological polar surface area (TPSA) is 62.3 Å². The first-order valence-electron chi connectivity index (χ1n) is 16.7. The zero-order valence-corrected chi connectivity index (χ0v) is 28.6. The molecule has 4 atom stereocenters. The van der Waals surface area contributed by atoms with Crippen LogP contribution in [-0.2, 0) is 38.3 Å². The van der Waals surface area contributed by atoms with E-state index in [0.29, 0.717) is 51.3 Å². The number of piperazine rings is 1. The number of methoxy groups -OCH3 is 1. The Morgan fingerprint density at radius 1 is 0.935 bits per heavy atom. The highest BCUT2D eigenvalue weighted by molar-refractivity contribution is 5.81. The number of halogens is 2. The van der Waals surface area contributed by atoms with Gasteiger partial charge in [-0.15, -0.1) is 0 Å². The zero-order valence-electron chi connectivity index (χ0n) is 28.6. The van der Waals surface area contributed by atoms with E-state index in [1.54, 1.807) is 7.11 Å². The van der Waals surface area contributed by atoms with Crippen LogP contribution in [0.5, 0.6) is 0 Å². The van der Waals surface area contributed by atoms with E-state index < -0.39 is 35.1 Å². The summed E-state index contributed by atoms with van der Waals surface area (Å²) in [5.41, 5.74) is 3.36. The van der Waals surface area contributed by atoms with Gasteiger partial charge >= 0.3 is 5.97 Å². The third-order valence-corrected chi connectivity index (χ3v) is 9.82. The Kier molecular flexibility index (Phi) is 10.3. The standard InChI is InChI=1S/C37H51F2N3O4/c1-36(2,3)41-21-30(29-14-13-27(38)19-32(29)39)31(22-41)34(43)42-16-15-40(20-28(42)23-45-7)33(35(44)46-37(4,5)6)18-24-11-12-25-9-8-10-26(25)17-24/h11-14,17,19,28,30-31,33H,8-10,15-16,18,20-23H2,1-7H3/t28-,30+,31-,33+/m1/s1. The molecule has 1 aliphatic carbocycles. The number of hydrogen-bond donors (Lipinski definition) is 0. The quantitative estimate of drug-likeness (QED) is 0.362. The summed E-state index contributed by atoms with van der Waals surface area (Å²) >= 11 is 0. The molecule has 0 unspecified atom stereocenters. The van der Waals surface area contributed by atoms with Crippen LogP contribution < -0.4 is 0 Å². The molecule has 2 heterocycles. The van der Waals surface area contributed by atoms with Gasteiger partial charge in [0.05, 0.1) is 18.6 Å². The molecule has 7 nitrogen and oxygen atoms in total. The van der Waals surface area contributed by atoms with Crippen LogP contribution in [0.1, 0.15) is 76.1 Å². The van der Waals surface area contributed by atoms with Crippen molar-refractivity contribution in [3.05, 3.63) is 70.3 Å². The normalized spacial score (nSPS) is 23.4. The fourth-order valence-electron chi connectivity index (χ4n) is 7.43. The van der Waals surface area contributed by atoms with E-state index in [1.165, 1.54) is 23.3 Å². The maximum Gasteiger partial charge on any atom is 0.324 e. The van der Waals surface area contributed by atoms with Crippen molar-refractivity contribution in [1.29, 1.82) is 0 Å². The smallest absolute Gasteiger partial charge is 0.324 e. The molecule has 2 aromatic carbocycles. The van der Waals surface area contributed by atoms with Gasteiger partial charge in [-0.3, -0.25) is 19.4 Å². The Morgan fingerprint density at radius 2 is 1.67 bits per heavy atom. The molecule has 5 rings (SSSR count). The third kappa shape index (κ3) is 7.80. The van der Waals surface area contributed by atoms with Crippen LogP contribution in [0.2, 0.25) is 0 Å². The summed E-state index contributed by atoms with van der Waals surface area (Å²) in [6.45, 7) is 14.5. The number of aryl methyl sites for hydroxylation is 2. The van der Waals surface area contributed by atoms with Gasteiger partial charge in [-0.1, -0.05) is 24.3 Å². The number of nitrogens with zero attached hydrogens (tertiary/aromatic N) is 3. The lowest BCUT2D eigenvalue weighted by Crippen LogP contribution is -2.62. The average molecular weight is 640 g/mol. The predicted octanol–water partition coefficient (Wildman–Crippen LogP) is 5.38. The van der Waals surface area contributed by atoms with Crippen molar-refractivity contribution < 1.29 is 27.8 Å². The monoisotopic (exact) mass is 639 g/mol. The Labute approximate surface area is 273 Å². The van der Waals surface area contributed by atoms with Crippen molar-refractivity contribution in [2.75, 3.05) is 46.4 Å². The number of carbonyl (C=O) groups is 2. The zero-order chi connectivity index (χ0) is 33.4. The Bertz CT molecular complexity index is 1420. The van der Waals surface area contributed by atoms with Gasteiger partial charge in [0.1, 0.15) is 23.3 Å². The highest BCUT2D eigenvalue weighted by atomic mass is 19.1. The molecule has 0 bridgehead atoms. The molecule has 3 aliphatic rings. The lowest BCUT2D eigenvalue weighted by molar-refractivity contribution is -0.163. The highest BCUT2D eigenvalue weighted by Gasteiger charge is 2.47. The first-order valence-corrected chi connectivity index (χ1v) is 16.7. The summed E-state index contributed by atoms with van der Waals surface area (Å²) in [6.07, 6.45) is 3.84. The molecule has 9 heteroatoms. The summed E-state index contributed by atoms with van der Waals surface area (Å²) in [5, 5.41) is 0. The number of carbonyl (C=O) groups excluding carboxylic acids is 2. The molecule has 2 aliphatic heterocycles. The Balaban J connectivity index is 1.39. The van der Waals surface area contributed by atoms with E-state index in [0.717, 1.165) is 30.9 Å². The maximum atomic E-state index is 15.1. The molecule has 0 saturated carbocycles.